The zero-order valence-electron chi connectivity index (χ0n) is 13.3. The first kappa shape index (κ1) is 19.2. The van der Waals surface area contributed by atoms with Gasteiger partial charge >= 0.3 is 0 Å². The molecular weight excluding hydrogens is 387 g/mol. The summed E-state index contributed by atoms with van der Waals surface area (Å²) in [6, 6.07) is 8.31. The van der Waals surface area contributed by atoms with E-state index in [9.17, 15) is 18.0 Å². The normalized spacial score (nSPS) is 11.0. The fraction of sp³-hybridized carbons (Fsp3) is 0.125. The molecule has 0 saturated carbocycles. The van der Waals surface area contributed by atoms with Crippen LogP contribution in [0.4, 0.5) is 5.69 Å². The van der Waals surface area contributed by atoms with Gasteiger partial charge < -0.3 is 10.6 Å². The second-order valence-corrected chi connectivity index (χ2v) is 7.97. The Hall–Kier alpha value is -2.09. The van der Waals surface area contributed by atoms with E-state index < -0.39 is 21.7 Å². The van der Waals surface area contributed by atoms with Gasteiger partial charge in [0.15, 0.2) is 9.84 Å². The van der Waals surface area contributed by atoms with Crippen molar-refractivity contribution in [2.45, 2.75) is 4.90 Å². The number of sulfone groups is 1. The lowest BCUT2D eigenvalue weighted by Crippen LogP contribution is -2.21. The molecule has 0 fully saturated rings. The molecule has 0 aromatic heterocycles. The van der Waals surface area contributed by atoms with Crippen molar-refractivity contribution >= 4 is 50.5 Å². The van der Waals surface area contributed by atoms with Gasteiger partial charge in [-0.25, -0.2) is 8.42 Å². The van der Waals surface area contributed by atoms with E-state index in [1.807, 2.05) is 0 Å². The van der Waals surface area contributed by atoms with Gasteiger partial charge in [-0.1, -0.05) is 23.2 Å². The van der Waals surface area contributed by atoms with Gasteiger partial charge in [0.25, 0.3) is 11.8 Å². The van der Waals surface area contributed by atoms with E-state index in [0.717, 1.165) is 6.26 Å². The number of rotatable bonds is 4. The Morgan fingerprint density at radius 3 is 2.28 bits per heavy atom. The van der Waals surface area contributed by atoms with E-state index in [4.69, 9.17) is 23.2 Å². The van der Waals surface area contributed by atoms with E-state index in [1.165, 1.54) is 43.4 Å². The largest absolute Gasteiger partial charge is 0.355 e. The molecule has 0 unspecified atom stereocenters. The van der Waals surface area contributed by atoms with Crippen LogP contribution >= 0.6 is 23.2 Å². The summed E-state index contributed by atoms with van der Waals surface area (Å²) in [6.45, 7) is 0. The molecule has 0 bridgehead atoms. The lowest BCUT2D eigenvalue weighted by molar-refractivity contribution is 0.0964. The molecule has 0 aliphatic rings. The number of anilines is 1. The number of amides is 2. The van der Waals surface area contributed by atoms with Crippen molar-refractivity contribution in [1.29, 1.82) is 0 Å². The van der Waals surface area contributed by atoms with Gasteiger partial charge in [-0.2, -0.15) is 0 Å². The zero-order valence-corrected chi connectivity index (χ0v) is 15.6. The van der Waals surface area contributed by atoms with Crippen molar-refractivity contribution in [3.63, 3.8) is 0 Å². The molecule has 132 valence electrons. The molecule has 0 aliphatic heterocycles. The Bertz CT molecular complexity index is 959. The van der Waals surface area contributed by atoms with E-state index >= 15 is 0 Å². The third-order valence-corrected chi connectivity index (χ3v) is 5.11. The number of hydrogen-bond donors (Lipinski definition) is 2. The fourth-order valence-electron chi connectivity index (χ4n) is 2.08. The molecule has 0 saturated heterocycles. The molecule has 2 aromatic rings. The van der Waals surface area contributed by atoms with Crippen molar-refractivity contribution in [2.24, 2.45) is 0 Å². The predicted octanol–water partition coefficient (Wildman–Crippen LogP) is 3.01. The van der Waals surface area contributed by atoms with Gasteiger partial charge in [-0.3, -0.25) is 9.59 Å². The minimum Gasteiger partial charge on any atom is -0.355 e. The van der Waals surface area contributed by atoms with Crippen LogP contribution in [0.2, 0.25) is 10.0 Å². The molecule has 9 heteroatoms. The van der Waals surface area contributed by atoms with Crippen LogP contribution in [-0.4, -0.2) is 33.5 Å². The lowest BCUT2D eigenvalue weighted by Gasteiger charge is -2.11. The molecule has 25 heavy (non-hydrogen) atoms. The first-order chi connectivity index (χ1) is 11.6. The number of benzene rings is 2. The van der Waals surface area contributed by atoms with Gasteiger partial charge in [-0.15, -0.1) is 0 Å². The van der Waals surface area contributed by atoms with Crippen molar-refractivity contribution < 1.29 is 18.0 Å². The third-order valence-electron chi connectivity index (χ3n) is 3.29. The van der Waals surface area contributed by atoms with Gasteiger partial charge in [0.1, 0.15) is 0 Å². The van der Waals surface area contributed by atoms with Crippen LogP contribution in [0, 0.1) is 0 Å². The Balaban J connectivity index is 2.41. The average Bonchev–Trinajstić information content (AvgIpc) is 2.53. The highest BCUT2D eigenvalue weighted by molar-refractivity contribution is 7.90. The van der Waals surface area contributed by atoms with Crippen molar-refractivity contribution in [2.75, 3.05) is 18.6 Å². The van der Waals surface area contributed by atoms with Crippen LogP contribution in [0.1, 0.15) is 20.7 Å². The molecule has 2 amide bonds. The number of nitrogens with one attached hydrogen (secondary N) is 2. The fourth-order valence-corrected chi connectivity index (χ4v) is 3.55. The first-order valence-electron chi connectivity index (χ1n) is 6.96. The van der Waals surface area contributed by atoms with Crippen LogP contribution in [0.15, 0.2) is 41.3 Å². The quantitative estimate of drug-likeness (QED) is 0.824. The summed E-state index contributed by atoms with van der Waals surface area (Å²) in [5, 5.41) is 5.37. The molecule has 6 nitrogen and oxygen atoms in total. The number of carbonyl (C=O) groups excluding carboxylic acids is 2. The molecule has 0 atom stereocenters. The minimum absolute atomic E-state index is 0.0212. The summed E-state index contributed by atoms with van der Waals surface area (Å²) in [7, 11) is -2.13. The standard InChI is InChI=1S/C16H14Cl2N2O4S/c1-19-16(22)11-5-4-10(17)8-13(11)20-15(21)9-3-6-12(18)14(7-9)25(2,23)24/h3-8H,1-2H3,(H,19,22)(H,20,21). The molecule has 0 radical (unpaired) electrons. The van der Waals surface area contributed by atoms with Crippen molar-refractivity contribution in [3.05, 3.63) is 57.6 Å². The SMILES string of the molecule is CNC(=O)c1ccc(Cl)cc1NC(=O)c1ccc(Cl)c(S(C)(=O)=O)c1. The summed E-state index contributed by atoms with van der Waals surface area (Å²) >= 11 is 11.8. The van der Waals surface area contributed by atoms with Gasteiger partial charge in [0.05, 0.1) is 21.2 Å². The van der Waals surface area contributed by atoms with Crippen LogP contribution in [0.3, 0.4) is 0 Å². The molecule has 2 N–H and O–H groups in total. The van der Waals surface area contributed by atoms with Gasteiger partial charge in [0.2, 0.25) is 0 Å². The molecule has 0 aliphatic carbocycles. The van der Waals surface area contributed by atoms with E-state index in [0.29, 0.717) is 5.02 Å². The summed E-state index contributed by atoms with van der Waals surface area (Å²) < 4.78 is 23.5. The monoisotopic (exact) mass is 400 g/mol. The summed E-state index contributed by atoms with van der Waals surface area (Å²) in [5.74, 6) is -1.01. The third kappa shape index (κ3) is 4.50. The Morgan fingerprint density at radius 2 is 1.68 bits per heavy atom. The van der Waals surface area contributed by atoms with Gasteiger partial charge in [-0.05, 0) is 36.4 Å². The Kier molecular flexibility index (Phi) is 5.72. The second kappa shape index (κ2) is 7.43. The molecule has 2 rings (SSSR count). The van der Waals surface area contributed by atoms with E-state index in [1.54, 1.807) is 0 Å². The zero-order chi connectivity index (χ0) is 18.8. The van der Waals surface area contributed by atoms with Crippen LogP contribution in [0.25, 0.3) is 0 Å². The second-order valence-electron chi connectivity index (χ2n) is 5.14. The minimum atomic E-state index is -3.59. The lowest BCUT2D eigenvalue weighted by atomic mass is 10.1. The van der Waals surface area contributed by atoms with E-state index in [2.05, 4.69) is 10.6 Å². The maximum atomic E-state index is 12.5. The highest BCUT2D eigenvalue weighted by atomic mass is 35.5. The maximum Gasteiger partial charge on any atom is 0.255 e. The first-order valence-corrected chi connectivity index (χ1v) is 9.61. The molecule has 0 heterocycles. The highest BCUT2D eigenvalue weighted by Crippen LogP contribution is 2.25. The number of hydrogen-bond acceptors (Lipinski definition) is 4. The van der Waals surface area contributed by atoms with Crippen LogP contribution in [0.5, 0.6) is 0 Å². The summed E-state index contributed by atoms with van der Waals surface area (Å²) in [5.41, 5.74) is 0.498. The summed E-state index contributed by atoms with van der Waals surface area (Å²) in [4.78, 5) is 24.2. The van der Waals surface area contributed by atoms with E-state index in [-0.39, 0.29) is 26.7 Å². The topological polar surface area (TPSA) is 92.3 Å². The molecule has 2 aromatic carbocycles. The summed E-state index contributed by atoms with van der Waals surface area (Å²) in [6.07, 6.45) is 0.997. The van der Waals surface area contributed by atoms with Crippen LogP contribution in [-0.2, 0) is 9.84 Å². The average molecular weight is 401 g/mol. The Morgan fingerprint density at radius 1 is 1.00 bits per heavy atom. The highest BCUT2D eigenvalue weighted by Gasteiger charge is 2.18. The molecular formula is C16H14Cl2N2O4S. The van der Waals surface area contributed by atoms with Crippen molar-refractivity contribution in [1.82, 2.24) is 5.32 Å². The van der Waals surface area contributed by atoms with Crippen molar-refractivity contribution in [3.8, 4) is 0 Å². The predicted molar refractivity (Wildman–Crippen MR) is 97.4 cm³/mol. The number of carbonyl (C=O) groups is 2. The van der Waals surface area contributed by atoms with Gasteiger partial charge in [0, 0.05) is 23.9 Å². The van der Waals surface area contributed by atoms with Crippen LogP contribution < -0.4 is 10.6 Å². The smallest absolute Gasteiger partial charge is 0.255 e. The number of halogens is 2. The molecule has 0 spiro atoms. The maximum absolute atomic E-state index is 12.5. The Labute approximate surface area is 155 Å².